The second-order valence-electron chi connectivity index (χ2n) is 37.3. The van der Waals surface area contributed by atoms with Crippen LogP contribution in [0.4, 0.5) is 0 Å². The van der Waals surface area contributed by atoms with Crippen molar-refractivity contribution in [2.24, 2.45) is 0 Å². The van der Waals surface area contributed by atoms with E-state index in [0.717, 1.165) is 88.1 Å². The molecule has 0 radical (unpaired) electrons. The maximum Gasteiger partial charge on any atom is 0.136 e. The van der Waals surface area contributed by atoms with Gasteiger partial charge in [0.1, 0.15) is 33.5 Å². The van der Waals surface area contributed by atoms with Crippen LogP contribution < -0.4 is 0 Å². The molecule has 0 unspecified atom stereocenters. The van der Waals surface area contributed by atoms with Crippen LogP contribution in [0.25, 0.3) is 286 Å². The number of furan rings is 3. The molecule has 0 N–H and O–H groups in total. The van der Waals surface area contributed by atoms with Gasteiger partial charge in [0, 0.05) is 32.3 Å². The van der Waals surface area contributed by atoms with Crippen LogP contribution in [0.15, 0.2) is 547 Å². The fraction of sp³-hybridized carbons (Fsp3) is 0. The van der Waals surface area contributed by atoms with Crippen LogP contribution in [0.1, 0.15) is 0 Å². The Balaban J connectivity index is 0.000000107. The lowest BCUT2D eigenvalue weighted by Crippen LogP contribution is -1.93. The topological polar surface area (TPSA) is 39.4 Å². The average Bonchev–Trinajstić information content (AvgIpc) is 1.43. The third-order valence-corrected chi connectivity index (χ3v) is 29.1. The third-order valence-electron chi connectivity index (χ3n) is 29.1. The van der Waals surface area contributed by atoms with Gasteiger partial charge < -0.3 is 13.3 Å². The molecule has 0 spiro atoms. The molecule has 0 amide bonds. The molecule has 3 nitrogen and oxygen atoms in total. The lowest BCUT2D eigenvalue weighted by atomic mass is 9.83. The average molecular weight is 1820 g/mol. The second kappa shape index (κ2) is 35.3. The molecule has 666 valence electrons. The zero-order valence-electron chi connectivity index (χ0n) is 78.0. The van der Waals surface area contributed by atoms with Crippen molar-refractivity contribution in [1.29, 1.82) is 0 Å². The third kappa shape index (κ3) is 14.8. The number of hydrogen-bond donors (Lipinski definition) is 0. The molecule has 3 heterocycles. The first-order chi connectivity index (χ1) is 70.9. The first kappa shape index (κ1) is 83.6. The molecule has 3 aromatic heterocycles. The van der Waals surface area contributed by atoms with E-state index in [4.69, 9.17) is 13.3 Å². The van der Waals surface area contributed by atoms with E-state index >= 15 is 0 Å². The number of hydrogen-bond acceptors (Lipinski definition) is 3. The highest BCUT2D eigenvalue weighted by Crippen LogP contribution is 2.55. The van der Waals surface area contributed by atoms with Gasteiger partial charge in [0.25, 0.3) is 0 Å². The predicted molar refractivity (Wildman–Crippen MR) is 606 cm³/mol. The van der Waals surface area contributed by atoms with Crippen LogP contribution in [-0.4, -0.2) is 0 Å². The van der Waals surface area contributed by atoms with Crippen LogP contribution in [0.3, 0.4) is 0 Å². The summed E-state index contributed by atoms with van der Waals surface area (Å²) in [7, 11) is 0. The molecule has 0 aliphatic rings. The van der Waals surface area contributed by atoms with Crippen molar-refractivity contribution in [2.75, 3.05) is 0 Å². The first-order valence-corrected chi connectivity index (χ1v) is 49.1. The van der Waals surface area contributed by atoms with Gasteiger partial charge >= 0.3 is 0 Å². The lowest BCUT2D eigenvalue weighted by molar-refractivity contribution is 0.669. The van der Waals surface area contributed by atoms with E-state index in [9.17, 15) is 0 Å². The molecule has 29 aromatic rings. The van der Waals surface area contributed by atoms with E-state index in [-0.39, 0.29) is 0 Å². The largest absolute Gasteiger partial charge is 0.456 e. The van der Waals surface area contributed by atoms with E-state index in [1.807, 2.05) is 6.07 Å². The van der Waals surface area contributed by atoms with Gasteiger partial charge in [-0.05, 0) is 305 Å². The second-order valence-corrected chi connectivity index (χ2v) is 37.3. The molecule has 0 aliphatic carbocycles. The van der Waals surface area contributed by atoms with Gasteiger partial charge in [-0.3, -0.25) is 0 Å². The maximum absolute atomic E-state index is 6.63. The molecule has 0 fully saturated rings. The van der Waals surface area contributed by atoms with E-state index in [1.54, 1.807) is 0 Å². The Hall–Kier alpha value is -18.8. The monoisotopic (exact) mass is 1820 g/mol. The zero-order valence-corrected chi connectivity index (χ0v) is 78.0. The minimum absolute atomic E-state index is 0.896. The van der Waals surface area contributed by atoms with Gasteiger partial charge in [-0.25, -0.2) is 0 Å². The number of para-hydroxylation sites is 3. The molecule has 0 saturated carbocycles. The molecule has 0 saturated heterocycles. The summed E-state index contributed by atoms with van der Waals surface area (Å²) >= 11 is 0. The minimum atomic E-state index is 0.896. The van der Waals surface area contributed by atoms with Crippen LogP contribution in [0, 0.1) is 0 Å². The number of rotatable bonds is 12. The quantitative estimate of drug-likeness (QED) is 0.114. The molecule has 0 atom stereocenters. The van der Waals surface area contributed by atoms with Crippen molar-refractivity contribution in [3.05, 3.63) is 534 Å². The summed E-state index contributed by atoms with van der Waals surface area (Å²) in [5.74, 6) is 0. The van der Waals surface area contributed by atoms with Crippen molar-refractivity contribution in [3.8, 4) is 134 Å². The Morgan fingerprint density at radius 2 is 0.301 bits per heavy atom. The zero-order chi connectivity index (χ0) is 94.4. The Kier molecular flexibility index (Phi) is 20.6. The van der Waals surface area contributed by atoms with Crippen molar-refractivity contribution in [3.63, 3.8) is 0 Å². The van der Waals surface area contributed by atoms with E-state index < -0.39 is 0 Å². The SMILES string of the molecule is c1ccc(-c2cc(-c3c4ccccc4c(-c4ccc5ccccc5c4)c4ccccc34)c3c(c2)oc2ccccc23)cc1.c1ccc(-c2cc(-c3ccccc3)cc(-c3c4ccccc4c(-c4cc(-c5ccccc5)cc5oc6ccccc6c45)c4ccccc34)c2)cc1.c1ccc(-c2ccc(-c3c4ccccc4c(-c4cc(-c5ccc6ccccc6c5)cc5oc6ccccc6c45)c4ccccc34)cc2)cc1. The maximum atomic E-state index is 6.63. The Labute approximate surface area is 826 Å². The molecular formula is C140H88O3. The van der Waals surface area contributed by atoms with Crippen molar-refractivity contribution in [1.82, 2.24) is 0 Å². The molecule has 0 aliphatic heterocycles. The Bertz CT molecular complexity index is 9840. The minimum Gasteiger partial charge on any atom is -0.456 e. The van der Waals surface area contributed by atoms with Crippen molar-refractivity contribution in [2.45, 2.75) is 0 Å². The standard InChI is InChI=1S/C50H32O.C48H30O.C42H26O/c1-4-16-33(17-5-1)36-28-37(34-18-6-2-7-19-34)30-39(29-36)48-40-22-10-12-24-42(40)49(43-25-13-11-23-41(43)48)45-31-38(35-20-8-3-9-21-35)32-47-50(45)44-26-14-15-27-46(44)51-47;1-2-12-31(13-3-1)33-22-25-34(26-23-33)46-38-16-6-8-18-40(38)47(41-19-9-7-17-39(41)46)43-29-37(36-27-24-32-14-4-5-15-35(32)28-36)30-45-48(43)42-20-10-11-21-44(42)49-45;1-2-12-27(13-3-1)31-25-37(42-36-20-10-11-21-38(36)43-39(42)26-31)41-34-18-8-6-16-32(34)40(33-17-7-9-19-35(33)41)30-23-22-28-14-4-5-15-29(28)24-30/h1-32H;1-30H;1-26H. The van der Waals surface area contributed by atoms with Crippen LogP contribution >= 0.6 is 0 Å². The van der Waals surface area contributed by atoms with Crippen molar-refractivity contribution < 1.29 is 13.3 Å². The van der Waals surface area contributed by atoms with Crippen LogP contribution in [0.2, 0.25) is 0 Å². The normalized spacial score (nSPS) is 11.6. The molecule has 0 bridgehead atoms. The van der Waals surface area contributed by atoms with E-state index in [2.05, 4.69) is 528 Å². The molecule has 29 rings (SSSR count). The number of fused-ring (bicyclic) bond motifs is 17. The molecular weight excluding hydrogens is 1730 g/mol. The molecule has 3 heteroatoms. The van der Waals surface area contributed by atoms with Gasteiger partial charge in [0.05, 0.1) is 0 Å². The molecule has 143 heavy (non-hydrogen) atoms. The summed E-state index contributed by atoms with van der Waals surface area (Å²) in [6, 6.07) is 193. The van der Waals surface area contributed by atoms with Gasteiger partial charge in [-0.1, -0.05) is 449 Å². The fourth-order valence-electron chi connectivity index (χ4n) is 22.6. The predicted octanol–water partition coefficient (Wildman–Crippen LogP) is 40.0. The lowest BCUT2D eigenvalue weighted by Gasteiger charge is -2.20. The van der Waals surface area contributed by atoms with Crippen LogP contribution in [-0.2, 0) is 0 Å². The van der Waals surface area contributed by atoms with Gasteiger partial charge in [-0.15, -0.1) is 0 Å². The summed E-state index contributed by atoms with van der Waals surface area (Å²) < 4.78 is 19.8. The summed E-state index contributed by atoms with van der Waals surface area (Å²) in [6.07, 6.45) is 0. The number of benzene rings is 26. The first-order valence-electron chi connectivity index (χ1n) is 49.1. The van der Waals surface area contributed by atoms with Gasteiger partial charge in [-0.2, -0.15) is 0 Å². The summed E-state index contributed by atoms with van der Waals surface area (Å²) in [4.78, 5) is 0. The van der Waals surface area contributed by atoms with Crippen molar-refractivity contribution >= 4 is 152 Å². The Morgan fingerprint density at radius 3 is 0.622 bits per heavy atom. The Morgan fingerprint density at radius 1 is 0.0979 bits per heavy atom. The van der Waals surface area contributed by atoms with E-state index in [0.29, 0.717) is 0 Å². The summed E-state index contributed by atoms with van der Waals surface area (Å²) in [6.45, 7) is 0. The molecule has 26 aromatic carbocycles. The summed E-state index contributed by atoms with van der Waals surface area (Å²) in [5, 5.41) is 26.6. The highest BCUT2D eigenvalue weighted by atomic mass is 16.3. The summed E-state index contributed by atoms with van der Waals surface area (Å²) in [5.41, 5.74) is 34.3. The smallest absolute Gasteiger partial charge is 0.136 e. The van der Waals surface area contributed by atoms with E-state index in [1.165, 1.54) is 197 Å². The van der Waals surface area contributed by atoms with Gasteiger partial charge in [0.15, 0.2) is 0 Å². The van der Waals surface area contributed by atoms with Crippen LogP contribution in [0.5, 0.6) is 0 Å². The highest BCUT2D eigenvalue weighted by Gasteiger charge is 2.28. The fourth-order valence-corrected chi connectivity index (χ4v) is 22.6. The highest BCUT2D eigenvalue weighted by molar-refractivity contribution is 6.31. The van der Waals surface area contributed by atoms with Gasteiger partial charge in [0.2, 0.25) is 0 Å².